The second-order valence-corrected chi connectivity index (χ2v) is 9.12. The van der Waals surface area contributed by atoms with E-state index in [4.69, 9.17) is 4.74 Å². The number of rotatable bonds is 7. The lowest BCUT2D eigenvalue weighted by Gasteiger charge is -2.34. The van der Waals surface area contributed by atoms with Crippen LogP contribution in [0, 0.1) is 11.7 Å². The number of nitrogens with one attached hydrogen (secondary N) is 3. The number of halogens is 2. The van der Waals surface area contributed by atoms with Crippen LogP contribution in [0.4, 0.5) is 15.9 Å². The van der Waals surface area contributed by atoms with Gasteiger partial charge in [0.1, 0.15) is 17.2 Å². The first-order chi connectivity index (χ1) is 17.3. The van der Waals surface area contributed by atoms with E-state index in [9.17, 15) is 44.9 Å². The Morgan fingerprint density at radius 1 is 1.05 bits per heavy atom. The minimum absolute atomic E-state index is 0.208. The molecule has 1 fully saturated rings. The molecule has 3 aromatic rings. The zero-order chi connectivity index (χ0) is 27.1. The number of ether oxygens (including phenoxy) is 2. The van der Waals surface area contributed by atoms with Crippen LogP contribution in [0.2, 0.25) is 0 Å². The van der Waals surface area contributed by atoms with Crippen LogP contribution in [0.3, 0.4) is 0 Å². The summed E-state index contributed by atoms with van der Waals surface area (Å²) < 4.78 is 24.5. The van der Waals surface area contributed by atoms with Gasteiger partial charge in [-0.2, -0.15) is 4.98 Å². The minimum Gasteiger partial charge on any atom is -0.504 e. The third kappa shape index (κ3) is 5.69. The molecule has 0 spiro atoms. The first-order valence-electron chi connectivity index (χ1n) is 10.7. The number of aliphatic hydroxyl groups is 5. The van der Waals surface area contributed by atoms with Crippen LogP contribution >= 0.6 is 15.9 Å². The van der Waals surface area contributed by atoms with Gasteiger partial charge in [0.15, 0.2) is 11.5 Å². The monoisotopic (exact) mass is 588 g/mol. The SMILES string of the molecule is O=c1nc(Nc2ccc(Br)cc2F)c2c(O)c(OC(O)(O)O)c(OC(O)(O)C3CCNCC3)c(O)c2[nH]1. The summed E-state index contributed by atoms with van der Waals surface area (Å²) in [5, 5.41) is 76.2. The summed E-state index contributed by atoms with van der Waals surface area (Å²) in [5.74, 6) is -9.64. The number of aromatic hydroxyl groups is 2. The van der Waals surface area contributed by atoms with E-state index in [1.165, 1.54) is 12.1 Å². The molecule has 10 N–H and O–H groups in total. The van der Waals surface area contributed by atoms with Crippen molar-refractivity contribution in [3.63, 3.8) is 0 Å². The minimum atomic E-state index is -3.95. The molecule has 0 unspecified atom stereocenters. The Morgan fingerprint density at radius 3 is 2.32 bits per heavy atom. The highest BCUT2D eigenvalue weighted by molar-refractivity contribution is 9.10. The van der Waals surface area contributed by atoms with Crippen LogP contribution in [-0.4, -0.2) is 70.9 Å². The first kappa shape index (κ1) is 26.8. The molecule has 1 aromatic heterocycles. The highest BCUT2D eigenvalue weighted by Gasteiger charge is 2.42. The molecule has 16 heteroatoms. The number of nitrogens with zero attached hydrogens (tertiary/aromatic N) is 1. The van der Waals surface area contributed by atoms with Gasteiger partial charge in [-0.3, -0.25) is 0 Å². The fourth-order valence-electron chi connectivity index (χ4n) is 3.89. The average Bonchev–Trinajstić information content (AvgIpc) is 2.81. The van der Waals surface area contributed by atoms with Crippen molar-refractivity contribution in [1.82, 2.24) is 15.3 Å². The van der Waals surface area contributed by atoms with Crippen molar-refractivity contribution in [1.29, 1.82) is 0 Å². The molecule has 2 heterocycles. The van der Waals surface area contributed by atoms with Crippen LogP contribution in [-0.2, 0) is 0 Å². The van der Waals surface area contributed by atoms with Gasteiger partial charge in [-0.25, -0.2) is 9.18 Å². The van der Waals surface area contributed by atoms with Crippen LogP contribution in [0.15, 0.2) is 27.5 Å². The number of anilines is 2. The van der Waals surface area contributed by atoms with Crippen molar-refractivity contribution in [2.45, 2.75) is 25.0 Å². The molecule has 0 saturated carbocycles. The van der Waals surface area contributed by atoms with Gasteiger partial charge in [-0.05, 0) is 44.1 Å². The van der Waals surface area contributed by atoms with Crippen LogP contribution in [0.1, 0.15) is 12.8 Å². The quantitative estimate of drug-likeness (QED) is 0.129. The number of piperidine rings is 1. The van der Waals surface area contributed by atoms with Gasteiger partial charge in [0.2, 0.25) is 11.5 Å². The Labute approximate surface area is 214 Å². The Morgan fingerprint density at radius 2 is 1.70 bits per heavy atom. The standard InChI is InChI=1S/C21H22BrFN4O10/c22-9-1-2-11(10(23)7-9)25-18-12-13(26-19(30)27-18)15(29)17(16(14(12)28)37-21(33,34)35)36-20(31,32)8-3-5-24-6-4-8/h1-2,7-8,24,28-29,31-35H,3-6H2,(H2,25,26,27,30). The molecule has 1 saturated heterocycles. The number of aromatic nitrogens is 2. The summed E-state index contributed by atoms with van der Waals surface area (Å²) >= 11 is 3.09. The number of hydrogen-bond acceptors (Lipinski definition) is 13. The van der Waals surface area contributed by atoms with Crippen molar-refractivity contribution < 1.29 is 49.6 Å². The smallest absolute Gasteiger partial charge is 0.453 e. The Bertz CT molecular complexity index is 1390. The summed E-state index contributed by atoms with van der Waals surface area (Å²) in [6.07, 6.45) is -3.50. The van der Waals surface area contributed by atoms with Crippen molar-refractivity contribution in [3.8, 4) is 23.0 Å². The molecular weight excluding hydrogens is 567 g/mol. The lowest BCUT2D eigenvalue weighted by atomic mass is 9.95. The molecule has 0 atom stereocenters. The van der Waals surface area contributed by atoms with Gasteiger partial charge in [-0.15, -0.1) is 0 Å². The molecule has 37 heavy (non-hydrogen) atoms. The molecule has 1 aliphatic rings. The third-order valence-corrected chi connectivity index (χ3v) is 6.08. The van der Waals surface area contributed by atoms with Gasteiger partial charge in [0.05, 0.1) is 17.0 Å². The van der Waals surface area contributed by atoms with Crippen molar-refractivity contribution in [2.24, 2.45) is 5.92 Å². The molecule has 4 rings (SSSR count). The second kappa shape index (κ2) is 9.90. The Kier molecular flexibility index (Phi) is 7.17. The van der Waals surface area contributed by atoms with Crippen LogP contribution in [0.25, 0.3) is 10.9 Å². The van der Waals surface area contributed by atoms with Gasteiger partial charge < -0.3 is 60.8 Å². The van der Waals surface area contributed by atoms with Gasteiger partial charge >= 0.3 is 17.8 Å². The second-order valence-electron chi connectivity index (χ2n) is 8.21. The van der Waals surface area contributed by atoms with Crippen LogP contribution in [0.5, 0.6) is 23.0 Å². The molecule has 0 bridgehead atoms. The Hall–Kier alpha value is -3.25. The molecule has 0 radical (unpaired) electrons. The maximum absolute atomic E-state index is 14.4. The van der Waals surface area contributed by atoms with Gasteiger partial charge in [-0.1, -0.05) is 15.9 Å². The summed E-state index contributed by atoms with van der Waals surface area (Å²) in [6, 6.07) is 3.82. The third-order valence-electron chi connectivity index (χ3n) is 5.59. The number of benzene rings is 2. The lowest BCUT2D eigenvalue weighted by molar-refractivity contribution is -0.420. The fraction of sp³-hybridized carbons (Fsp3) is 0.333. The Balaban J connectivity index is 1.92. The molecule has 14 nitrogen and oxygen atoms in total. The van der Waals surface area contributed by atoms with Gasteiger partial charge in [0, 0.05) is 4.47 Å². The zero-order valence-corrected chi connectivity index (χ0v) is 20.3. The summed E-state index contributed by atoms with van der Waals surface area (Å²) in [5.41, 5.74) is -1.87. The van der Waals surface area contributed by atoms with E-state index in [0.717, 1.165) is 6.07 Å². The normalized spacial score (nSPS) is 15.1. The van der Waals surface area contributed by atoms with Crippen molar-refractivity contribution in [3.05, 3.63) is 39.0 Å². The number of hydrogen-bond donors (Lipinski definition) is 10. The highest BCUT2D eigenvalue weighted by Crippen LogP contribution is 2.53. The maximum Gasteiger partial charge on any atom is 0.453 e. The predicted octanol–water partition coefficient (Wildman–Crippen LogP) is -0.0367. The van der Waals surface area contributed by atoms with Crippen molar-refractivity contribution in [2.75, 3.05) is 18.4 Å². The van der Waals surface area contributed by atoms with E-state index in [2.05, 4.69) is 41.3 Å². The van der Waals surface area contributed by atoms with E-state index in [0.29, 0.717) is 17.6 Å². The summed E-state index contributed by atoms with van der Waals surface area (Å²) in [7, 11) is 0. The van der Waals surface area contributed by atoms with Crippen LogP contribution < -0.4 is 25.8 Å². The number of aromatic amines is 1. The molecule has 0 aliphatic carbocycles. The molecule has 0 amide bonds. The van der Waals surface area contributed by atoms with E-state index in [1.807, 2.05) is 0 Å². The van der Waals surface area contributed by atoms with E-state index in [1.54, 1.807) is 0 Å². The molecular formula is C21H22BrFN4O10. The lowest BCUT2D eigenvalue weighted by Crippen LogP contribution is -2.48. The first-order valence-corrected chi connectivity index (χ1v) is 11.5. The van der Waals surface area contributed by atoms with E-state index in [-0.39, 0.29) is 18.5 Å². The summed E-state index contributed by atoms with van der Waals surface area (Å²) in [6.45, 7) is 0.811. The summed E-state index contributed by atoms with van der Waals surface area (Å²) in [4.78, 5) is 18.0. The van der Waals surface area contributed by atoms with Crippen molar-refractivity contribution >= 4 is 38.3 Å². The topological polar surface area (TPSA) is 230 Å². The van der Waals surface area contributed by atoms with E-state index < -0.39 is 69.3 Å². The maximum atomic E-state index is 14.4. The molecule has 2 aromatic carbocycles. The van der Waals surface area contributed by atoms with Gasteiger partial charge in [0.25, 0.3) is 0 Å². The number of phenolic OH excluding ortho intramolecular Hbond substituents is 2. The molecule has 1 aliphatic heterocycles. The van der Waals surface area contributed by atoms with E-state index >= 15 is 0 Å². The fourth-order valence-corrected chi connectivity index (χ4v) is 4.22. The highest BCUT2D eigenvalue weighted by atomic mass is 79.9. The predicted molar refractivity (Wildman–Crippen MR) is 126 cm³/mol. The number of phenols is 2. The number of H-pyrrole nitrogens is 1. The molecule has 200 valence electrons. The number of fused-ring (bicyclic) bond motifs is 1. The average molecular weight is 589 g/mol. The zero-order valence-electron chi connectivity index (χ0n) is 18.7. The largest absolute Gasteiger partial charge is 0.504 e.